The maximum absolute atomic E-state index is 14.2. The second-order valence-corrected chi connectivity index (χ2v) is 10.9. The van der Waals surface area contributed by atoms with Gasteiger partial charge in [0.25, 0.3) is 11.6 Å². The number of halogens is 3. The fourth-order valence-corrected chi connectivity index (χ4v) is 5.25. The van der Waals surface area contributed by atoms with Gasteiger partial charge in [-0.25, -0.2) is 4.79 Å². The van der Waals surface area contributed by atoms with E-state index in [1.54, 1.807) is 20.8 Å². The summed E-state index contributed by atoms with van der Waals surface area (Å²) in [5, 5.41) is 21.2. The van der Waals surface area contributed by atoms with Crippen LogP contribution in [-0.4, -0.2) is 74.3 Å². The van der Waals surface area contributed by atoms with Crippen molar-refractivity contribution in [2.24, 2.45) is 0 Å². The van der Waals surface area contributed by atoms with Crippen molar-refractivity contribution in [2.75, 3.05) is 19.7 Å². The Bertz CT molecular complexity index is 1060. The Labute approximate surface area is 216 Å². The van der Waals surface area contributed by atoms with Crippen LogP contribution in [-0.2, 0) is 15.7 Å². The van der Waals surface area contributed by atoms with Crippen LogP contribution in [0.25, 0.3) is 0 Å². The molecular weight excluding hydrogens is 519 g/mol. The Morgan fingerprint density at radius 3 is 2.41 bits per heavy atom. The number of nitro benzene ring substituents is 1. The lowest BCUT2D eigenvalue weighted by molar-refractivity contribution is -0.387. The molecule has 0 bridgehead atoms. The quantitative estimate of drug-likeness (QED) is 0.207. The predicted molar refractivity (Wildman–Crippen MR) is 129 cm³/mol. The van der Waals surface area contributed by atoms with E-state index in [4.69, 9.17) is 4.74 Å². The standard InChI is InChI=1S/C23H30F3N3O7S/c1-6-36-20(31)22(4,5)37-18-11-16(23(24,25)26)15(10-17(18)29(34)35)19(30)28(13(2)3)14-8-7-9-27(12-14)21(32)33/h10-11,13-14H,6-9,12H2,1-5H3,(H,32,33)/t14-/m1/s1. The molecule has 0 aromatic heterocycles. The Kier molecular flexibility index (Phi) is 9.44. The van der Waals surface area contributed by atoms with E-state index in [-0.39, 0.29) is 19.7 Å². The number of nitro groups is 1. The van der Waals surface area contributed by atoms with Gasteiger partial charge in [0.1, 0.15) is 4.75 Å². The number of hydrogen-bond donors (Lipinski definition) is 1. The summed E-state index contributed by atoms with van der Waals surface area (Å²) in [6.07, 6.45) is -5.50. The summed E-state index contributed by atoms with van der Waals surface area (Å²) in [5.41, 5.74) is -3.07. The number of carbonyl (C=O) groups is 3. The third kappa shape index (κ3) is 7.05. The fourth-order valence-electron chi connectivity index (χ4n) is 4.14. The predicted octanol–water partition coefficient (Wildman–Crippen LogP) is 5.04. The van der Waals surface area contributed by atoms with Gasteiger partial charge in [-0.1, -0.05) is 0 Å². The minimum absolute atomic E-state index is 0.0116. The molecule has 10 nitrogen and oxygen atoms in total. The first-order valence-electron chi connectivity index (χ1n) is 11.6. The molecule has 1 atom stereocenters. The van der Waals surface area contributed by atoms with E-state index in [0.29, 0.717) is 36.7 Å². The molecule has 1 saturated heterocycles. The third-order valence-corrected chi connectivity index (χ3v) is 7.04. The summed E-state index contributed by atoms with van der Waals surface area (Å²) in [4.78, 5) is 50.0. The van der Waals surface area contributed by atoms with E-state index < -0.39 is 67.6 Å². The summed E-state index contributed by atoms with van der Waals surface area (Å²) in [6, 6.07) is -0.237. The van der Waals surface area contributed by atoms with Gasteiger partial charge in [0.05, 0.1) is 33.6 Å². The van der Waals surface area contributed by atoms with Crippen LogP contribution >= 0.6 is 11.8 Å². The molecule has 1 N–H and O–H groups in total. The number of nitrogens with zero attached hydrogens (tertiary/aromatic N) is 3. The van der Waals surface area contributed by atoms with Crippen molar-refractivity contribution in [3.05, 3.63) is 33.4 Å². The van der Waals surface area contributed by atoms with Crippen molar-refractivity contribution in [3.63, 3.8) is 0 Å². The topological polar surface area (TPSA) is 130 Å². The molecule has 0 saturated carbocycles. The van der Waals surface area contributed by atoms with Gasteiger partial charge in [0.2, 0.25) is 0 Å². The summed E-state index contributed by atoms with van der Waals surface area (Å²) in [7, 11) is 0. The van der Waals surface area contributed by atoms with Crippen LogP contribution in [0.15, 0.2) is 17.0 Å². The van der Waals surface area contributed by atoms with Crippen molar-refractivity contribution in [1.82, 2.24) is 9.80 Å². The molecule has 0 radical (unpaired) electrons. The molecular formula is C23H30F3N3O7S. The molecule has 37 heavy (non-hydrogen) atoms. The lowest BCUT2D eigenvalue weighted by Gasteiger charge is -2.40. The SMILES string of the molecule is CCOC(=O)C(C)(C)Sc1cc(C(F)(F)F)c(C(=O)N(C(C)C)[C@@H]2CCCN(C(=O)O)C2)cc1[N+](=O)[O-]. The number of rotatable bonds is 8. The second-order valence-electron chi connectivity index (χ2n) is 9.28. The van der Waals surface area contributed by atoms with Crippen LogP contribution in [0.2, 0.25) is 0 Å². The van der Waals surface area contributed by atoms with E-state index in [0.717, 1.165) is 9.80 Å². The highest BCUT2D eigenvalue weighted by atomic mass is 32.2. The number of piperidine rings is 1. The van der Waals surface area contributed by atoms with Gasteiger partial charge in [-0.05, 0) is 53.5 Å². The summed E-state index contributed by atoms with van der Waals surface area (Å²) in [6.45, 7) is 7.57. The van der Waals surface area contributed by atoms with Crippen LogP contribution in [0.4, 0.5) is 23.7 Å². The number of alkyl halides is 3. The normalized spacial score (nSPS) is 16.5. The van der Waals surface area contributed by atoms with Crippen LogP contribution in [0, 0.1) is 10.1 Å². The van der Waals surface area contributed by atoms with E-state index in [1.165, 1.54) is 13.8 Å². The Hall–Kier alpha value is -3.03. The highest BCUT2D eigenvalue weighted by molar-refractivity contribution is 8.01. The lowest BCUT2D eigenvalue weighted by atomic mass is 9.99. The number of esters is 1. The zero-order valence-electron chi connectivity index (χ0n) is 21.1. The maximum atomic E-state index is 14.2. The van der Waals surface area contributed by atoms with Crippen LogP contribution in [0.3, 0.4) is 0 Å². The number of benzene rings is 1. The molecule has 1 fully saturated rings. The van der Waals surface area contributed by atoms with Gasteiger partial charge in [-0.3, -0.25) is 19.7 Å². The first-order valence-corrected chi connectivity index (χ1v) is 12.4. The highest BCUT2D eigenvalue weighted by Gasteiger charge is 2.42. The number of hydrogen-bond acceptors (Lipinski definition) is 7. The average molecular weight is 550 g/mol. The van der Waals surface area contributed by atoms with Crippen LogP contribution in [0.5, 0.6) is 0 Å². The zero-order chi connectivity index (χ0) is 28.3. The molecule has 0 spiro atoms. The first kappa shape index (κ1) is 30.2. The number of carboxylic acid groups (broad SMARTS) is 1. The molecule has 1 aliphatic heterocycles. The van der Waals surface area contributed by atoms with Crippen molar-refractivity contribution in [3.8, 4) is 0 Å². The van der Waals surface area contributed by atoms with E-state index in [2.05, 4.69) is 0 Å². The minimum atomic E-state index is -5.05. The smallest absolute Gasteiger partial charge is 0.417 e. The van der Waals surface area contributed by atoms with Gasteiger partial charge < -0.3 is 19.6 Å². The van der Waals surface area contributed by atoms with E-state index in [1.807, 2.05) is 0 Å². The van der Waals surface area contributed by atoms with Gasteiger partial charge in [-0.2, -0.15) is 13.2 Å². The average Bonchev–Trinajstić information content (AvgIpc) is 2.77. The molecule has 1 aliphatic rings. The van der Waals surface area contributed by atoms with Crippen molar-refractivity contribution >= 4 is 35.4 Å². The Balaban J connectivity index is 2.64. The minimum Gasteiger partial charge on any atom is -0.465 e. The van der Waals surface area contributed by atoms with Crippen LogP contribution in [0.1, 0.15) is 63.4 Å². The second kappa shape index (κ2) is 11.6. The molecule has 1 heterocycles. The van der Waals surface area contributed by atoms with Crippen molar-refractivity contribution < 1.29 is 42.3 Å². The molecule has 0 aliphatic carbocycles. The number of ether oxygens (including phenoxy) is 1. The summed E-state index contributed by atoms with van der Waals surface area (Å²) >= 11 is 0.533. The molecule has 14 heteroatoms. The Morgan fingerprint density at radius 2 is 1.92 bits per heavy atom. The van der Waals surface area contributed by atoms with Crippen molar-refractivity contribution in [2.45, 2.75) is 75.4 Å². The van der Waals surface area contributed by atoms with Gasteiger partial charge in [0.15, 0.2) is 0 Å². The monoisotopic (exact) mass is 549 g/mol. The summed E-state index contributed by atoms with van der Waals surface area (Å²) < 4.78 is 46.0. The van der Waals surface area contributed by atoms with Gasteiger partial charge in [0, 0.05) is 25.2 Å². The first-order chi connectivity index (χ1) is 17.0. The van der Waals surface area contributed by atoms with Crippen LogP contribution < -0.4 is 0 Å². The third-order valence-electron chi connectivity index (χ3n) is 5.82. The van der Waals surface area contributed by atoms with E-state index >= 15 is 0 Å². The largest absolute Gasteiger partial charge is 0.465 e. The van der Waals surface area contributed by atoms with Gasteiger partial charge in [-0.15, -0.1) is 11.8 Å². The summed E-state index contributed by atoms with van der Waals surface area (Å²) in [5.74, 6) is -1.86. The number of thioether (sulfide) groups is 1. The van der Waals surface area contributed by atoms with E-state index in [9.17, 15) is 42.8 Å². The lowest BCUT2D eigenvalue weighted by Crippen LogP contribution is -2.54. The molecule has 1 aromatic rings. The maximum Gasteiger partial charge on any atom is 0.417 e. The Morgan fingerprint density at radius 1 is 1.30 bits per heavy atom. The fraction of sp³-hybridized carbons (Fsp3) is 0.609. The zero-order valence-corrected chi connectivity index (χ0v) is 21.9. The number of amides is 2. The molecule has 206 valence electrons. The number of carbonyl (C=O) groups excluding carboxylic acids is 2. The number of likely N-dealkylation sites (tertiary alicyclic amines) is 1. The van der Waals surface area contributed by atoms with Crippen molar-refractivity contribution in [1.29, 1.82) is 0 Å². The molecule has 2 rings (SSSR count). The van der Waals surface area contributed by atoms with Gasteiger partial charge >= 0.3 is 18.2 Å². The highest BCUT2D eigenvalue weighted by Crippen LogP contribution is 2.44. The molecule has 0 unspecified atom stereocenters. The molecule has 2 amide bonds. The molecule has 1 aromatic carbocycles.